The van der Waals surface area contributed by atoms with Crippen molar-refractivity contribution in [2.75, 3.05) is 24.6 Å². The van der Waals surface area contributed by atoms with Gasteiger partial charge in [-0.15, -0.1) is 0 Å². The van der Waals surface area contributed by atoms with Crippen molar-refractivity contribution < 1.29 is 10.3 Å². The summed E-state index contributed by atoms with van der Waals surface area (Å²) in [5.41, 5.74) is 1.31. The van der Waals surface area contributed by atoms with Gasteiger partial charge in [0.25, 0.3) is 0 Å². The van der Waals surface area contributed by atoms with Crippen molar-refractivity contribution >= 4 is 5.69 Å². The Balaban J connectivity index is 0.000000606. The third-order valence-corrected chi connectivity index (χ3v) is 2.99. The summed E-state index contributed by atoms with van der Waals surface area (Å²) < 4.78 is 0. The van der Waals surface area contributed by atoms with Gasteiger partial charge in [-0.2, -0.15) is 0 Å². The minimum atomic E-state index is 0.350. The molecule has 0 unspecified atom stereocenters. The van der Waals surface area contributed by atoms with Crippen molar-refractivity contribution in [2.24, 2.45) is 11.8 Å². The van der Waals surface area contributed by atoms with E-state index in [1.807, 2.05) is 6.07 Å². The van der Waals surface area contributed by atoms with Crippen LogP contribution in [0.15, 0.2) is 30.3 Å². The second-order valence-corrected chi connectivity index (χ2v) is 3.95. The van der Waals surface area contributed by atoms with E-state index < -0.39 is 0 Å². The Morgan fingerprint density at radius 2 is 1.69 bits per heavy atom. The van der Waals surface area contributed by atoms with Crippen LogP contribution in [0.1, 0.15) is 12.8 Å². The summed E-state index contributed by atoms with van der Waals surface area (Å²) in [7, 11) is 0. The molecule has 4 nitrogen and oxygen atoms in total. The van der Waals surface area contributed by atoms with Crippen LogP contribution in [0.2, 0.25) is 0 Å². The number of nitrogens with two attached hydrogens (primary N) is 1. The van der Waals surface area contributed by atoms with Crippen LogP contribution in [0.25, 0.3) is 0 Å². The standard InChI is InChI=1S/C12H17NO.H3NO/c14-10-11-6-8-13(9-7-11)12-4-2-1-3-5-12;1-2/h1-5,11,14H,6-10H2;2H,1H2. The molecule has 0 atom stereocenters. The van der Waals surface area contributed by atoms with Crippen LogP contribution in [0.3, 0.4) is 0 Å². The molecule has 1 aromatic rings. The molecule has 90 valence electrons. The number of aliphatic hydroxyl groups is 1. The first kappa shape index (κ1) is 13.0. The van der Waals surface area contributed by atoms with Gasteiger partial charge in [0.2, 0.25) is 0 Å². The first-order chi connectivity index (χ1) is 7.90. The molecule has 1 aliphatic rings. The Hall–Kier alpha value is -1.10. The van der Waals surface area contributed by atoms with Crippen LogP contribution in [-0.2, 0) is 0 Å². The van der Waals surface area contributed by atoms with Crippen molar-refractivity contribution in [1.29, 1.82) is 0 Å². The molecule has 0 spiro atoms. The smallest absolute Gasteiger partial charge is 0.0460 e. The van der Waals surface area contributed by atoms with E-state index >= 15 is 0 Å². The zero-order chi connectivity index (χ0) is 11.8. The number of rotatable bonds is 2. The van der Waals surface area contributed by atoms with Crippen molar-refractivity contribution in [3.05, 3.63) is 30.3 Å². The summed E-state index contributed by atoms with van der Waals surface area (Å²) in [6, 6.07) is 10.5. The number of piperidine rings is 1. The molecular formula is C12H20N2O2. The number of para-hydroxylation sites is 1. The van der Waals surface area contributed by atoms with E-state index in [-0.39, 0.29) is 0 Å². The van der Waals surface area contributed by atoms with E-state index in [1.54, 1.807) is 0 Å². The van der Waals surface area contributed by atoms with Gasteiger partial charge in [0, 0.05) is 25.4 Å². The number of nitrogens with zero attached hydrogens (tertiary/aromatic N) is 1. The van der Waals surface area contributed by atoms with E-state index in [2.05, 4.69) is 35.1 Å². The van der Waals surface area contributed by atoms with Gasteiger partial charge in [0.05, 0.1) is 0 Å². The molecule has 4 N–H and O–H groups in total. The molecule has 1 heterocycles. The van der Waals surface area contributed by atoms with Gasteiger partial charge in [-0.3, -0.25) is 0 Å². The minimum absolute atomic E-state index is 0.350. The maximum Gasteiger partial charge on any atom is 0.0460 e. The average molecular weight is 224 g/mol. The fraction of sp³-hybridized carbons (Fsp3) is 0.500. The Morgan fingerprint density at radius 3 is 2.19 bits per heavy atom. The molecule has 1 fully saturated rings. The molecule has 2 rings (SSSR count). The lowest BCUT2D eigenvalue weighted by atomic mass is 9.97. The topological polar surface area (TPSA) is 69.7 Å². The molecule has 0 aromatic heterocycles. The van der Waals surface area contributed by atoms with Crippen LogP contribution in [0.4, 0.5) is 5.69 Å². The monoisotopic (exact) mass is 224 g/mol. The molecule has 1 saturated heterocycles. The van der Waals surface area contributed by atoms with E-state index in [0.717, 1.165) is 25.9 Å². The Bertz CT molecular complexity index is 272. The summed E-state index contributed by atoms with van der Waals surface area (Å²) in [6.45, 7) is 2.51. The lowest BCUT2D eigenvalue weighted by Crippen LogP contribution is -2.34. The fourth-order valence-corrected chi connectivity index (χ4v) is 2.01. The van der Waals surface area contributed by atoms with Gasteiger partial charge in [0.1, 0.15) is 0 Å². The predicted molar refractivity (Wildman–Crippen MR) is 64.4 cm³/mol. The Kier molecular flexibility index (Phi) is 5.85. The first-order valence-electron chi connectivity index (χ1n) is 5.57. The highest BCUT2D eigenvalue weighted by atomic mass is 16.4. The van der Waals surface area contributed by atoms with Crippen molar-refractivity contribution in [3.8, 4) is 0 Å². The second kappa shape index (κ2) is 7.22. The molecule has 4 heteroatoms. The minimum Gasteiger partial charge on any atom is -0.396 e. The normalized spacial score (nSPS) is 16.6. The van der Waals surface area contributed by atoms with E-state index in [0.29, 0.717) is 12.5 Å². The largest absolute Gasteiger partial charge is 0.396 e. The molecule has 0 aliphatic carbocycles. The SMILES string of the molecule is NO.OCC1CCN(c2ccccc2)CC1. The van der Waals surface area contributed by atoms with Crippen LogP contribution in [0, 0.1) is 5.92 Å². The highest BCUT2D eigenvalue weighted by Crippen LogP contribution is 2.22. The Labute approximate surface area is 96.3 Å². The van der Waals surface area contributed by atoms with Gasteiger partial charge in [-0.25, -0.2) is 5.90 Å². The van der Waals surface area contributed by atoms with E-state index in [1.165, 1.54) is 5.69 Å². The second-order valence-electron chi connectivity index (χ2n) is 3.95. The zero-order valence-electron chi connectivity index (χ0n) is 9.42. The highest BCUT2D eigenvalue weighted by Gasteiger charge is 2.17. The quantitative estimate of drug-likeness (QED) is 0.661. The molecule has 16 heavy (non-hydrogen) atoms. The summed E-state index contributed by atoms with van der Waals surface area (Å²) in [4.78, 5) is 2.40. The zero-order valence-corrected chi connectivity index (χ0v) is 9.42. The molecule has 1 aliphatic heterocycles. The molecule has 0 saturated carbocycles. The molecule has 0 radical (unpaired) electrons. The van der Waals surface area contributed by atoms with Crippen LogP contribution in [0.5, 0.6) is 0 Å². The third kappa shape index (κ3) is 3.48. The fourth-order valence-electron chi connectivity index (χ4n) is 2.01. The van der Waals surface area contributed by atoms with E-state index in [9.17, 15) is 0 Å². The van der Waals surface area contributed by atoms with Crippen molar-refractivity contribution in [3.63, 3.8) is 0 Å². The predicted octanol–water partition coefficient (Wildman–Crippen LogP) is 1.23. The van der Waals surface area contributed by atoms with Gasteiger partial charge in [0.15, 0.2) is 0 Å². The summed E-state index contributed by atoms with van der Waals surface area (Å²) in [6.07, 6.45) is 2.23. The van der Waals surface area contributed by atoms with Gasteiger partial charge in [-0.05, 0) is 30.9 Å². The third-order valence-electron chi connectivity index (χ3n) is 2.99. The lowest BCUT2D eigenvalue weighted by Gasteiger charge is -2.32. The first-order valence-corrected chi connectivity index (χ1v) is 5.57. The number of benzene rings is 1. The summed E-state index contributed by atoms with van der Waals surface area (Å²) >= 11 is 0. The molecular weight excluding hydrogens is 204 g/mol. The van der Waals surface area contributed by atoms with Gasteiger partial charge >= 0.3 is 0 Å². The average Bonchev–Trinajstić information content (AvgIpc) is 2.42. The lowest BCUT2D eigenvalue weighted by molar-refractivity contribution is 0.203. The number of hydrogen-bond donors (Lipinski definition) is 3. The molecule has 1 aromatic carbocycles. The summed E-state index contributed by atoms with van der Waals surface area (Å²) in [5.74, 6) is 4.02. The van der Waals surface area contributed by atoms with Crippen LogP contribution < -0.4 is 10.8 Å². The highest BCUT2D eigenvalue weighted by molar-refractivity contribution is 5.46. The number of aliphatic hydroxyl groups excluding tert-OH is 1. The van der Waals surface area contributed by atoms with E-state index in [4.69, 9.17) is 10.3 Å². The van der Waals surface area contributed by atoms with Crippen LogP contribution in [-0.4, -0.2) is 30.0 Å². The summed E-state index contributed by atoms with van der Waals surface area (Å²) in [5, 5.41) is 15.5. The van der Waals surface area contributed by atoms with Crippen molar-refractivity contribution in [1.82, 2.24) is 0 Å². The maximum atomic E-state index is 9.03. The number of hydrogen-bond acceptors (Lipinski definition) is 4. The molecule has 0 amide bonds. The van der Waals surface area contributed by atoms with Gasteiger partial charge in [-0.1, -0.05) is 18.2 Å². The maximum absolute atomic E-state index is 9.03. The number of anilines is 1. The van der Waals surface area contributed by atoms with Gasteiger partial charge < -0.3 is 15.2 Å². The Morgan fingerprint density at radius 1 is 1.12 bits per heavy atom. The van der Waals surface area contributed by atoms with Crippen molar-refractivity contribution in [2.45, 2.75) is 12.8 Å². The molecule has 0 bridgehead atoms. The van der Waals surface area contributed by atoms with Crippen LogP contribution >= 0.6 is 0 Å².